The molecule has 0 aromatic heterocycles. The SMILES string of the molecule is CCCCCCCCCCCCOC(=O)c1cc(NC(=O)C(=Nc2ccc(N(CC)CCNS(C)(=O)=O)cc2C)c2c(C)c(C)c(C)c([N+](=O)[O-])c2C)c(Cl)cc1Cl.CCCCCCCCN(CCCCCCCC)S(=O)(=O)c1cc(Cl)c(NC(=O)C(=Nc2ccc(N(CC)CCNS(C)(=O)=O)cc2C)c2c(C)cc(C)c([N+](=O)[O-])c2C)cc1Cl. The van der Waals surface area contributed by atoms with E-state index in [1.807, 2.05) is 55.7 Å². The normalized spacial score (nSPS) is 12.0. The van der Waals surface area contributed by atoms with Crippen LogP contribution < -0.4 is 29.9 Å². The van der Waals surface area contributed by atoms with Gasteiger partial charge in [0.15, 0.2) is 0 Å². The Kier molecular flexibility index (Phi) is 43.1. The summed E-state index contributed by atoms with van der Waals surface area (Å²) in [6.45, 7) is 29.2. The number of rotatable bonds is 50. The Morgan fingerprint density at radius 3 is 1.27 bits per heavy atom. The summed E-state index contributed by atoms with van der Waals surface area (Å²) >= 11 is 26.6. The topological polar surface area (TPSA) is 332 Å². The molecule has 6 aromatic carbocycles. The van der Waals surface area contributed by atoms with Gasteiger partial charge in [0.05, 0.1) is 77.4 Å². The van der Waals surface area contributed by atoms with Crippen LogP contribution in [-0.4, -0.2) is 140 Å². The number of unbranched alkanes of at least 4 members (excludes halogenated alkanes) is 19. The highest BCUT2D eigenvalue weighted by Crippen LogP contribution is 2.40. The number of carbonyl (C=O) groups excluding carboxylic acids is 3. The quantitative estimate of drug-likeness (QED) is 0.00906. The van der Waals surface area contributed by atoms with Gasteiger partial charge < -0.3 is 25.2 Å². The number of esters is 1. The molecule has 4 N–H and O–H groups in total. The molecule has 662 valence electrons. The maximum Gasteiger partial charge on any atom is 0.339 e. The zero-order valence-corrected chi connectivity index (χ0v) is 78.3. The second-order valence-corrected chi connectivity index (χ2v) is 37.9. The lowest BCUT2D eigenvalue weighted by atomic mass is 9.89. The van der Waals surface area contributed by atoms with Crippen molar-refractivity contribution in [3.8, 4) is 0 Å². The molecule has 0 atom stereocenters. The standard InChI is InChI=1S/C45H66Cl2N6O7S2.C43H59Cl2N5O7S/c1-9-12-14-16-18-20-25-52(26-21-19-17-15-13-10-2)62(59,60)41-31-37(46)40(30-38(41)47)50-45(54)43(42-33(5)28-34(6)44(35(42)7)53(55)56)49-39-23-22-36(29-32(39)4)51(11-3)27-24-48-61(8,57)58;1-9-11-12-13-14-15-16-17-18-19-24-57-43(52)34-26-38(36(45)27-35(34)44)48-42(51)40(39-30(5)29(4)31(6)41(32(39)7)50(53)54)47-37-21-20-33(25-28(37)3)49(10-2)23-22-46-58(8,55)56/h22-23,28-31,48H,9-21,24-27H2,1-8H3,(H,50,54);20-21,25-27,46H,9-19,22-24H2,1-8H3,(H,48,51). The first-order chi connectivity index (χ1) is 56.7. The van der Waals surface area contributed by atoms with E-state index >= 15 is 0 Å². The van der Waals surface area contributed by atoms with Crippen molar-refractivity contribution in [3.63, 3.8) is 0 Å². The van der Waals surface area contributed by atoms with Crippen molar-refractivity contribution >= 4 is 151 Å². The smallest absolute Gasteiger partial charge is 0.339 e. The summed E-state index contributed by atoms with van der Waals surface area (Å²) < 4.78 is 87.1. The van der Waals surface area contributed by atoms with E-state index < -0.39 is 57.7 Å². The van der Waals surface area contributed by atoms with Crippen LogP contribution in [0.1, 0.15) is 247 Å². The number of aryl methyl sites for hydroxylation is 4. The van der Waals surface area contributed by atoms with Gasteiger partial charge >= 0.3 is 5.97 Å². The molecule has 0 aliphatic heterocycles. The fourth-order valence-electron chi connectivity index (χ4n) is 14.5. The molecule has 6 aromatic rings. The zero-order chi connectivity index (χ0) is 89.4. The number of nitrogens with zero attached hydrogens (tertiary/aromatic N) is 7. The molecule has 120 heavy (non-hydrogen) atoms. The van der Waals surface area contributed by atoms with Crippen LogP contribution >= 0.6 is 46.4 Å². The molecule has 0 unspecified atom stereocenters. The third-order valence-corrected chi connectivity index (χ3v) is 26.0. The summed E-state index contributed by atoms with van der Waals surface area (Å²) in [4.78, 5) is 79.3. The Hall–Kier alpha value is -7.64. The average Bonchev–Trinajstić information content (AvgIpc) is 0.770. The Balaban J connectivity index is 0.000000428. The monoisotopic (exact) mass is 1800 g/mol. The molecule has 0 saturated carbocycles. The van der Waals surface area contributed by atoms with Crippen LogP contribution in [0.3, 0.4) is 0 Å². The number of aliphatic imine (C=N–C) groups is 2. The van der Waals surface area contributed by atoms with Gasteiger partial charge in [0.2, 0.25) is 30.1 Å². The number of nitro benzene ring substituents is 2. The van der Waals surface area contributed by atoms with Crippen molar-refractivity contribution in [2.75, 3.05) is 91.9 Å². The molecule has 0 bridgehead atoms. The number of nitro groups is 2. The zero-order valence-electron chi connectivity index (χ0n) is 72.9. The van der Waals surface area contributed by atoms with Crippen LogP contribution in [0.15, 0.2) is 81.6 Å². The van der Waals surface area contributed by atoms with Gasteiger partial charge in [0.25, 0.3) is 23.2 Å². The number of halogens is 4. The number of hydrogen-bond acceptors (Lipinski definition) is 18. The molecule has 0 aliphatic carbocycles. The lowest BCUT2D eigenvalue weighted by molar-refractivity contribution is -0.386. The maximum atomic E-state index is 14.5. The number of hydrogen-bond donors (Lipinski definition) is 4. The van der Waals surface area contributed by atoms with Gasteiger partial charge in [-0.2, -0.15) is 4.31 Å². The molecule has 2 amide bonds. The molecule has 6 rings (SSSR count). The van der Waals surface area contributed by atoms with Crippen molar-refractivity contribution in [3.05, 3.63) is 174 Å². The van der Waals surface area contributed by atoms with E-state index in [2.05, 4.69) is 40.8 Å². The summed E-state index contributed by atoms with van der Waals surface area (Å²) in [6.07, 6.45) is 25.8. The first-order valence-corrected chi connectivity index (χ1v) is 48.5. The number of likely N-dealkylation sites (N-methyl/N-ethyl adjacent to an activating group) is 2. The average molecular weight is 1800 g/mol. The lowest BCUT2D eigenvalue weighted by Crippen LogP contribution is -2.34. The summed E-state index contributed by atoms with van der Waals surface area (Å²) in [6, 6.07) is 17.8. The molecule has 25 nitrogen and oxygen atoms in total. The van der Waals surface area contributed by atoms with Gasteiger partial charge in [0.1, 0.15) is 16.3 Å². The molecular formula is C88H125Cl4N11O14S3. The first-order valence-electron chi connectivity index (χ1n) is 41.7. The summed E-state index contributed by atoms with van der Waals surface area (Å²) in [7, 11) is -10.8. The Labute approximate surface area is 732 Å². The highest BCUT2D eigenvalue weighted by atomic mass is 35.5. The second-order valence-electron chi connectivity index (χ2n) is 30.7. The third kappa shape index (κ3) is 31.3. The van der Waals surface area contributed by atoms with Crippen molar-refractivity contribution in [1.29, 1.82) is 0 Å². The molecular weight excluding hydrogens is 1670 g/mol. The van der Waals surface area contributed by atoms with Crippen molar-refractivity contribution in [2.45, 2.75) is 243 Å². The van der Waals surface area contributed by atoms with Crippen molar-refractivity contribution in [2.24, 2.45) is 9.98 Å². The van der Waals surface area contributed by atoms with E-state index in [1.165, 1.54) is 67.1 Å². The molecule has 0 spiro atoms. The number of amides is 2. The Morgan fingerprint density at radius 1 is 0.433 bits per heavy atom. The first kappa shape index (κ1) is 103. The fraction of sp³-hybridized carbons (Fsp3) is 0.534. The number of nitrogens with one attached hydrogen (secondary N) is 4. The van der Waals surface area contributed by atoms with Gasteiger partial charge in [-0.1, -0.05) is 189 Å². The van der Waals surface area contributed by atoms with E-state index in [0.717, 1.165) is 120 Å². The Morgan fingerprint density at radius 2 is 0.842 bits per heavy atom. The van der Waals surface area contributed by atoms with Crippen molar-refractivity contribution < 1.29 is 54.2 Å². The minimum Gasteiger partial charge on any atom is -0.462 e. The van der Waals surface area contributed by atoms with Gasteiger partial charge in [-0.15, -0.1) is 0 Å². The highest BCUT2D eigenvalue weighted by molar-refractivity contribution is 7.89. The molecule has 0 fully saturated rings. The number of sulfonamides is 3. The van der Waals surface area contributed by atoms with Crippen LogP contribution in [0.25, 0.3) is 0 Å². The van der Waals surface area contributed by atoms with Crippen LogP contribution in [0, 0.1) is 82.5 Å². The van der Waals surface area contributed by atoms with Gasteiger partial charge in [-0.25, -0.2) is 49.5 Å². The fourth-order valence-corrected chi connectivity index (χ4v) is 18.3. The second kappa shape index (κ2) is 50.2. The molecule has 0 radical (unpaired) electrons. The number of anilines is 4. The third-order valence-electron chi connectivity index (χ3n) is 21.3. The molecule has 0 heterocycles. The van der Waals surface area contributed by atoms with Crippen molar-refractivity contribution in [1.82, 2.24) is 13.7 Å². The van der Waals surface area contributed by atoms with Gasteiger partial charge in [-0.05, 0) is 190 Å². The minimum absolute atomic E-state index is 0.0276. The van der Waals surface area contributed by atoms with Crippen LogP contribution in [0.2, 0.25) is 20.1 Å². The number of carbonyl (C=O) groups is 3. The van der Waals surface area contributed by atoms with E-state index in [1.54, 1.807) is 72.7 Å². The summed E-state index contributed by atoms with van der Waals surface area (Å²) in [5, 5.41) is 30.1. The maximum absolute atomic E-state index is 14.5. The largest absolute Gasteiger partial charge is 0.462 e. The number of benzene rings is 6. The Bertz CT molecular complexity index is 4950. The molecule has 0 saturated heterocycles. The summed E-state index contributed by atoms with van der Waals surface area (Å²) in [5.74, 6) is -2.12. The van der Waals surface area contributed by atoms with Crippen LogP contribution in [0.5, 0.6) is 0 Å². The minimum atomic E-state index is -4.07. The van der Waals surface area contributed by atoms with Gasteiger partial charge in [-0.3, -0.25) is 29.8 Å². The highest BCUT2D eigenvalue weighted by Gasteiger charge is 2.33. The lowest BCUT2D eigenvalue weighted by Gasteiger charge is -2.24. The predicted octanol–water partition coefficient (Wildman–Crippen LogP) is 21.6. The van der Waals surface area contributed by atoms with Crippen LogP contribution in [0.4, 0.5) is 45.5 Å². The van der Waals surface area contributed by atoms with Crippen LogP contribution in [-0.2, 0) is 44.4 Å². The molecule has 32 heteroatoms. The van der Waals surface area contributed by atoms with E-state index in [-0.39, 0.29) is 101 Å². The van der Waals surface area contributed by atoms with E-state index in [0.29, 0.717) is 102 Å². The van der Waals surface area contributed by atoms with E-state index in [4.69, 9.17) is 61.1 Å². The van der Waals surface area contributed by atoms with Gasteiger partial charge in [0, 0.05) is 97.1 Å². The molecule has 0 aliphatic rings. The summed E-state index contributed by atoms with van der Waals surface area (Å²) in [5.41, 5.74) is 7.29. The number of ether oxygens (including phenoxy) is 1. The van der Waals surface area contributed by atoms with E-state index in [9.17, 15) is 59.9 Å². The predicted molar refractivity (Wildman–Crippen MR) is 493 cm³/mol.